The van der Waals surface area contributed by atoms with Crippen LogP contribution in [0.2, 0.25) is 16.6 Å². The van der Waals surface area contributed by atoms with Crippen LogP contribution in [0.15, 0.2) is 15.8 Å². The van der Waals surface area contributed by atoms with Crippen LogP contribution in [0.4, 0.5) is 0 Å². The summed E-state index contributed by atoms with van der Waals surface area (Å²) >= 11 is 0. The van der Waals surface area contributed by atoms with Gasteiger partial charge in [-0.25, -0.2) is 4.79 Å². The molecule has 1 aromatic rings. The summed E-state index contributed by atoms with van der Waals surface area (Å²) in [6.07, 6.45) is 1.06. The summed E-state index contributed by atoms with van der Waals surface area (Å²) in [7, 11) is 1.55. The Bertz CT molecular complexity index is 793. The van der Waals surface area contributed by atoms with Crippen LogP contribution in [0.25, 0.3) is 0 Å². The van der Waals surface area contributed by atoms with E-state index >= 15 is 0 Å². The van der Waals surface area contributed by atoms with E-state index in [0.717, 1.165) is 11.1 Å². The van der Waals surface area contributed by atoms with Crippen LogP contribution in [0, 0.1) is 6.92 Å². The van der Waals surface area contributed by atoms with E-state index in [9.17, 15) is 9.59 Å². The summed E-state index contributed by atoms with van der Waals surface area (Å²) in [5.74, 6) is 0. The lowest BCUT2D eigenvalue weighted by Crippen LogP contribution is -2.53. The monoisotopic (exact) mass is 425 g/mol. The molecule has 0 radical (unpaired) electrons. The zero-order valence-corrected chi connectivity index (χ0v) is 20.6. The number of hydrogen-bond donors (Lipinski definition) is 0. The molecule has 8 heteroatoms. The third-order valence-electron chi connectivity index (χ3n) is 6.35. The van der Waals surface area contributed by atoms with Crippen LogP contribution >= 0.6 is 0 Å². The van der Waals surface area contributed by atoms with Gasteiger partial charge in [-0.2, -0.15) is 0 Å². The number of morpholine rings is 1. The molecule has 0 aromatic carbocycles. The first-order chi connectivity index (χ1) is 13.4. The van der Waals surface area contributed by atoms with Gasteiger partial charge in [-0.1, -0.05) is 41.5 Å². The van der Waals surface area contributed by atoms with Crippen molar-refractivity contribution in [1.82, 2.24) is 14.0 Å². The SMILES string of the molecule is Cc1cn(C2CN(C)CC(CO[Si](C(C)C)(C(C)C)C(C)C)O2)c(=O)n(C)c1=O. The third kappa shape index (κ3) is 4.76. The van der Waals surface area contributed by atoms with E-state index in [1.165, 1.54) is 11.6 Å². The van der Waals surface area contributed by atoms with Crippen molar-refractivity contribution < 1.29 is 9.16 Å². The Morgan fingerprint density at radius 2 is 1.62 bits per heavy atom. The number of likely N-dealkylation sites (N-methyl/N-ethyl adjacent to an activating group) is 1. The first kappa shape index (κ1) is 24.1. The molecule has 0 saturated carbocycles. The predicted octanol–water partition coefficient (Wildman–Crippen LogP) is 2.88. The van der Waals surface area contributed by atoms with Crippen molar-refractivity contribution in [2.24, 2.45) is 7.05 Å². The lowest BCUT2D eigenvalue weighted by atomic mass is 10.2. The molecule has 29 heavy (non-hydrogen) atoms. The molecule has 0 aliphatic carbocycles. The topological polar surface area (TPSA) is 65.7 Å². The minimum Gasteiger partial charge on any atom is -0.413 e. The standard InChI is InChI=1S/C21H39N3O4Si/c1-14(2)29(15(3)4,16(5)6)27-13-18-11-22(8)12-19(28-18)24-10-17(7)20(25)23(9)21(24)26/h10,14-16,18-19H,11-13H2,1-9H3. The molecular formula is C21H39N3O4Si. The zero-order valence-electron chi connectivity index (χ0n) is 19.6. The normalized spacial score (nSPS) is 21.5. The molecule has 1 aliphatic heterocycles. The molecule has 2 rings (SSSR count). The van der Waals surface area contributed by atoms with Crippen molar-refractivity contribution in [3.63, 3.8) is 0 Å². The second-order valence-corrected chi connectivity index (χ2v) is 14.9. The molecule has 0 N–H and O–H groups in total. The Morgan fingerprint density at radius 3 is 2.14 bits per heavy atom. The smallest absolute Gasteiger partial charge is 0.332 e. The van der Waals surface area contributed by atoms with E-state index < -0.39 is 14.5 Å². The second-order valence-electron chi connectivity index (χ2n) is 9.43. The molecule has 0 amide bonds. The van der Waals surface area contributed by atoms with Crippen molar-refractivity contribution in [3.8, 4) is 0 Å². The van der Waals surface area contributed by atoms with Gasteiger partial charge in [-0.05, 0) is 30.6 Å². The highest BCUT2D eigenvalue weighted by molar-refractivity contribution is 6.77. The number of ether oxygens (including phenoxy) is 1. The number of hydrogen-bond acceptors (Lipinski definition) is 5. The fourth-order valence-electron chi connectivity index (χ4n) is 5.03. The predicted molar refractivity (Wildman–Crippen MR) is 119 cm³/mol. The highest BCUT2D eigenvalue weighted by Gasteiger charge is 2.45. The fourth-order valence-corrected chi connectivity index (χ4v) is 10.5. The van der Waals surface area contributed by atoms with Crippen molar-refractivity contribution >= 4 is 8.32 Å². The van der Waals surface area contributed by atoms with Crippen LogP contribution in [0.3, 0.4) is 0 Å². The Hall–Kier alpha value is -1.22. The maximum Gasteiger partial charge on any atom is 0.332 e. The first-order valence-corrected chi connectivity index (χ1v) is 12.8. The lowest BCUT2D eigenvalue weighted by Gasteiger charge is -2.44. The van der Waals surface area contributed by atoms with E-state index in [2.05, 4.69) is 46.4 Å². The molecule has 2 heterocycles. The van der Waals surface area contributed by atoms with E-state index in [-0.39, 0.29) is 17.4 Å². The van der Waals surface area contributed by atoms with Gasteiger partial charge in [0.1, 0.15) is 0 Å². The molecule has 1 saturated heterocycles. The molecule has 1 aliphatic rings. The molecule has 2 unspecified atom stereocenters. The number of rotatable bonds is 7. The molecular weight excluding hydrogens is 386 g/mol. The summed E-state index contributed by atoms with van der Waals surface area (Å²) in [6.45, 7) is 17.2. The summed E-state index contributed by atoms with van der Waals surface area (Å²) in [5, 5.41) is 0. The van der Waals surface area contributed by atoms with Gasteiger partial charge in [0.25, 0.3) is 5.56 Å². The number of nitrogens with zero attached hydrogens (tertiary/aromatic N) is 3. The first-order valence-electron chi connectivity index (χ1n) is 10.7. The molecule has 0 bridgehead atoms. The van der Waals surface area contributed by atoms with Gasteiger partial charge in [0.2, 0.25) is 0 Å². The van der Waals surface area contributed by atoms with Gasteiger partial charge in [-0.3, -0.25) is 18.8 Å². The molecule has 7 nitrogen and oxygen atoms in total. The van der Waals surface area contributed by atoms with Gasteiger partial charge >= 0.3 is 5.69 Å². The number of aryl methyl sites for hydroxylation is 1. The Labute approximate surface area is 175 Å². The zero-order chi connectivity index (χ0) is 22.1. The number of aromatic nitrogens is 2. The minimum atomic E-state index is -1.98. The van der Waals surface area contributed by atoms with Gasteiger partial charge < -0.3 is 9.16 Å². The van der Waals surface area contributed by atoms with Crippen molar-refractivity contribution in [3.05, 3.63) is 32.6 Å². The lowest BCUT2D eigenvalue weighted by molar-refractivity contribution is -0.129. The van der Waals surface area contributed by atoms with E-state index in [0.29, 0.717) is 35.3 Å². The van der Waals surface area contributed by atoms with Crippen LogP contribution in [-0.2, 0) is 16.2 Å². The van der Waals surface area contributed by atoms with Gasteiger partial charge in [0, 0.05) is 31.9 Å². The maximum atomic E-state index is 12.6. The van der Waals surface area contributed by atoms with Crippen LogP contribution in [0.1, 0.15) is 53.3 Å². The average molecular weight is 426 g/mol. The Morgan fingerprint density at radius 1 is 1.07 bits per heavy atom. The highest BCUT2D eigenvalue weighted by Crippen LogP contribution is 2.42. The quantitative estimate of drug-likeness (QED) is 0.629. The van der Waals surface area contributed by atoms with Crippen LogP contribution in [-0.4, -0.2) is 55.2 Å². The maximum absolute atomic E-state index is 12.6. The summed E-state index contributed by atoms with van der Waals surface area (Å²) < 4.78 is 15.7. The third-order valence-corrected chi connectivity index (χ3v) is 12.4. The summed E-state index contributed by atoms with van der Waals surface area (Å²) in [4.78, 5) is 26.8. The summed E-state index contributed by atoms with van der Waals surface area (Å²) in [5.41, 5.74) is 1.44. The Kier molecular flexibility index (Phi) is 7.70. The molecule has 0 spiro atoms. The fraction of sp³-hybridized carbons (Fsp3) is 0.810. The van der Waals surface area contributed by atoms with E-state index in [1.807, 2.05) is 7.05 Å². The van der Waals surface area contributed by atoms with E-state index in [4.69, 9.17) is 9.16 Å². The summed E-state index contributed by atoms with van der Waals surface area (Å²) in [6, 6.07) is 0. The van der Waals surface area contributed by atoms with Crippen LogP contribution in [0.5, 0.6) is 0 Å². The molecule has 2 atom stereocenters. The van der Waals surface area contributed by atoms with E-state index in [1.54, 1.807) is 13.1 Å². The molecule has 1 fully saturated rings. The second kappa shape index (κ2) is 9.28. The highest BCUT2D eigenvalue weighted by atomic mass is 28.4. The minimum absolute atomic E-state index is 0.119. The Balaban J connectivity index is 2.25. The largest absolute Gasteiger partial charge is 0.413 e. The average Bonchev–Trinajstić information content (AvgIpc) is 2.62. The van der Waals surface area contributed by atoms with Gasteiger partial charge in [0.15, 0.2) is 14.5 Å². The van der Waals surface area contributed by atoms with Gasteiger partial charge in [-0.15, -0.1) is 0 Å². The van der Waals surface area contributed by atoms with Gasteiger partial charge in [0.05, 0.1) is 12.7 Å². The van der Waals surface area contributed by atoms with Crippen LogP contribution < -0.4 is 11.2 Å². The molecule has 1 aromatic heterocycles. The molecule has 166 valence electrons. The van der Waals surface area contributed by atoms with Crippen molar-refractivity contribution in [2.45, 2.75) is 77.4 Å². The van der Waals surface area contributed by atoms with Crippen molar-refractivity contribution in [2.75, 3.05) is 26.7 Å². The van der Waals surface area contributed by atoms with Crippen molar-refractivity contribution in [1.29, 1.82) is 0 Å².